The molecule has 0 aliphatic rings. The first-order valence-electron chi connectivity index (χ1n) is 1.88. The van der Waals surface area contributed by atoms with E-state index in [9.17, 15) is 0 Å². The second kappa shape index (κ2) is 3.75. The quantitative estimate of drug-likeness (QED) is 0.648. The van der Waals surface area contributed by atoms with Gasteiger partial charge >= 0.3 is 0 Å². The van der Waals surface area contributed by atoms with Crippen LogP contribution in [0.4, 0.5) is 0 Å². The summed E-state index contributed by atoms with van der Waals surface area (Å²) in [6.45, 7) is -0.107. The Bertz CT molecular complexity index is 60.0. The van der Waals surface area contributed by atoms with Gasteiger partial charge in [0.25, 0.3) is 3.98 Å². The van der Waals surface area contributed by atoms with Crippen molar-refractivity contribution in [1.82, 2.24) is 0 Å². The Balaban J connectivity index is 3.11. The lowest BCUT2D eigenvalue weighted by Gasteiger charge is -2.09. The van der Waals surface area contributed by atoms with E-state index < -0.39 is 3.98 Å². The molecule has 0 aromatic heterocycles. The first-order chi connectivity index (χ1) is 3.56. The highest BCUT2D eigenvalue weighted by atomic mass is 35.6. The van der Waals surface area contributed by atoms with E-state index in [4.69, 9.17) is 39.9 Å². The molecule has 2 nitrogen and oxygen atoms in total. The SMILES string of the molecule is OCCOC(Cl)(Cl)Cl. The molecule has 0 saturated carbocycles. The van der Waals surface area contributed by atoms with Crippen molar-refractivity contribution in [3.8, 4) is 0 Å². The summed E-state index contributed by atoms with van der Waals surface area (Å²) >= 11 is 15.3. The van der Waals surface area contributed by atoms with Crippen LogP contribution in [-0.2, 0) is 4.74 Å². The second-order valence-electron chi connectivity index (χ2n) is 1.02. The number of aliphatic hydroxyl groups excluding tert-OH is 1. The minimum atomic E-state index is -1.69. The molecule has 0 rings (SSSR count). The highest BCUT2D eigenvalue weighted by molar-refractivity contribution is 6.66. The summed E-state index contributed by atoms with van der Waals surface area (Å²) in [4.78, 5) is 0. The van der Waals surface area contributed by atoms with Gasteiger partial charge in [-0.1, -0.05) is 34.8 Å². The molecular weight excluding hydrogens is 174 g/mol. The molecule has 0 spiro atoms. The molecule has 0 bridgehead atoms. The van der Waals surface area contributed by atoms with Crippen molar-refractivity contribution in [2.24, 2.45) is 0 Å². The van der Waals surface area contributed by atoms with Gasteiger partial charge in [0.15, 0.2) is 0 Å². The van der Waals surface area contributed by atoms with Crippen LogP contribution in [0.5, 0.6) is 0 Å². The van der Waals surface area contributed by atoms with Gasteiger partial charge in [0.05, 0.1) is 13.2 Å². The summed E-state index contributed by atoms with van der Waals surface area (Å²) in [6.07, 6.45) is 0. The fourth-order valence-corrected chi connectivity index (χ4v) is 0.393. The molecule has 0 atom stereocenters. The van der Waals surface area contributed by atoms with Crippen LogP contribution in [0.25, 0.3) is 0 Å². The number of ether oxygens (including phenoxy) is 1. The minimum Gasteiger partial charge on any atom is -0.394 e. The summed E-state index contributed by atoms with van der Waals surface area (Å²) in [5, 5.41) is 8.13. The third-order valence-corrected chi connectivity index (χ3v) is 0.684. The lowest BCUT2D eigenvalue weighted by molar-refractivity contribution is 0.0882. The summed E-state index contributed by atoms with van der Waals surface area (Å²) < 4.78 is 2.73. The minimum absolute atomic E-state index is 0.0382. The van der Waals surface area contributed by atoms with Gasteiger partial charge in [0.2, 0.25) is 0 Å². The highest BCUT2D eigenvalue weighted by Crippen LogP contribution is 2.26. The van der Waals surface area contributed by atoms with Crippen LogP contribution in [0.15, 0.2) is 0 Å². The van der Waals surface area contributed by atoms with Crippen molar-refractivity contribution < 1.29 is 9.84 Å². The Morgan fingerprint density at radius 1 is 1.38 bits per heavy atom. The molecule has 0 heterocycles. The first-order valence-corrected chi connectivity index (χ1v) is 3.01. The van der Waals surface area contributed by atoms with Crippen LogP contribution in [0.1, 0.15) is 0 Å². The lowest BCUT2D eigenvalue weighted by Crippen LogP contribution is -2.11. The van der Waals surface area contributed by atoms with Crippen molar-refractivity contribution in [2.75, 3.05) is 13.2 Å². The molecule has 5 heteroatoms. The molecule has 0 amide bonds. The zero-order chi connectivity index (χ0) is 6.62. The highest BCUT2D eigenvalue weighted by Gasteiger charge is 2.18. The van der Waals surface area contributed by atoms with E-state index in [1.54, 1.807) is 0 Å². The predicted molar refractivity (Wildman–Crippen MR) is 33.3 cm³/mol. The Kier molecular flexibility index (Phi) is 4.12. The molecule has 50 valence electrons. The zero-order valence-electron chi connectivity index (χ0n) is 3.90. The van der Waals surface area contributed by atoms with Crippen molar-refractivity contribution in [2.45, 2.75) is 3.98 Å². The van der Waals surface area contributed by atoms with Gasteiger partial charge in [-0.05, 0) is 0 Å². The zero-order valence-corrected chi connectivity index (χ0v) is 6.17. The molecule has 0 radical (unpaired) electrons. The topological polar surface area (TPSA) is 29.5 Å². The predicted octanol–water partition coefficient (Wildman–Crippen LogP) is 1.32. The second-order valence-corrected chi connectivity index (χ2v) is 3.20. The first kappa shape index (κ1) is 8.79. The monoisotopic (exact) mass is 178 g/mol. The fourth-order valence-electron chi connectivity index (χ4n) is 0.161. The maximum absolute atomic E-state index is 8.13. The Hall–Kier alpha value is 0.790. The van der Waals surface area contributed by atoms with E-state index in [0.717, 1.165) is 0 Å². The Morgan fingerprint density at radius 3 is 2.00 bits per heavy atom. The van der Waals surface area contributed by atoms with Gasteiger partial charge in [-0.15, -0.1) is 0 Å². The summed E-state index contributed by atoms with van der Waals surface area (Å²) in [5.74, 6) is 0. The number of aliphatic hydroxyl groups is 1. The average Bonchev–Trinajstić information content (AvgIpc) is 1.59. The maximum atomic E-state index is 8.13. The van der Waals surface area contributed by atoms with Crippen LogP contribution in [-0.4, -0.2) is 22.3 Å². The van der Waals surface area contributed by atoms with Gasteiger partial charge in [0, 0.05) is 0 Å². The molecule has 0 aromatic carbocycles. The molecule has 0 fully saturated rings. The van der Waals surface area contributed by atoms with Crippen molar-refractivity contribution >= 4 is 34.8 Å². The molecule has 0 unspecified atom stereocenters. The normalized spacial score (nSPS) is 12.0. The van der Waals surface area contributed by atoms with Gasteiger partial charge in [0.1, 0.15) is 0 Å². The van der Waals surface area contributed by atoms with E-state index in [0.29, 0.717) is 0 Å². The summed E-state index contributed by atoms with van der Waals surface area (Å²) in [7, 11) is 0. The van der Waals surface area contributed by atoms with Gasteiger partial charge in [-0.2, -0.15) is 0 Å². The van der Waals surface area contributed by atoms with Crippen LogP contribution in [0.3, 0.4) is 0 Å². The molecule has 0 saturated heterocycles. The van der Waals surface area contributed by atoms with E-state index in [1.165, 1.54) is 0 Å². The Labute approximate surface area is 62.3 Å². The van der Waals surface area contributed by atoms with Crippen molar-refractivity contribution in [3.63, 3.8) is 0 Å². The average molecular weight is 179 g/mol. The summed E-state index contributed by atoms with van der Waals surface area (Å²) in [5.41, 5.74) is 0. The molecule has 0 aromatic rings. The number of hydrogen-bond acceptors (Lipinski definition) is 2. The van der Waals surface area contributed by atoms with Crippen LogP contribution < -0.4 is 0 Å². The molecule has 0 aliphatic heterocycles. The number of alkyl halides is 3. The van der Waals surface area contributed by atoms with Crippen LogP contribution >= 0.6 is 34.8 Å². The maximum Gasteiger partial charge on any atom is 0.297 e. The van der Waals surface area contributed by atoms with Crippen molar-refractivity contribution in [1.29, 1.82) is 0 Å². The van der Waals surface area contributed by atoms with Gasteiger partial charge in [-0.3, -0.25) is 0 Å². The van der Waals surface area contributed by atoms with E-state index in [2.05, 4.69) is 4.74 Å². The van der Waals surface area contributed by atoms with E-state index in [-0.39, 0.29) is 13.2 Å². The standard InChI is InChI=1S/C3H5Cl3O2/c4-3(5,6)8-2-1-7/h7H,1-2H2. The third kappa shape index (κ3) is 6.79. The van der Waals surface area contributed by atoms with Crippen molar-refractivity contribution in [3.05, 3.63) is 0 Å². The van der Waals surface area contributed by atoms with Gasteiger partial charge in [-0.25, -0.2) is 0 Å². The molecule has 8 heavy (non-hydrogen) atoms. The molecule has 1 N–H and O–H groups in total. The number of rotatable bonds is 2. The third-order valence-electron chi connectivity index (χ3n) is 0.357. The van der Waals surface area contributed by atoms with E-state index in [1.807, 2.05) is 0 Å². The smallest absolute Gasteiger partial charge is 0.297 e. The number of hydrogen-bond donors (Lipinski definition) is 1. The van der Waals surface area contributed by atoms with Gasteiger partial charge < -0.3 is 9.84 Å². The van der Waals surface area contributed by atoms with Crippen LogP contribution in [0, 0.1) is 0 Å². The van der Waals surface area contributed by atoms with Crippen LogP contribution in [0.2, 0.25) is 0 Å². The largest absolute Gasteiger partial charge is 0.394 e. The lowest BCUT2D eigenvalue weighted by atomic mass is 10.8. The van der Waals surface area contributed by atoms with E-state index >= 15 is 0 Å². The molecule has 0 aliphatic carbocycles. The fraction of sp³-hybridized carbons (Fsp3) is 1.00. The number of halogens is 3. The summed E-state index contributed by atoms with van der Waals surface area (Å²) in [6, 6.07) is 0. The Morgan fingerprint density at radius 2 is 1.88 bits per heavy atom. The molecular formula is C3H5Cl3O2.